The Labute approximate surface area is 115 Å². The van der Waals surface area contributed by atoms with Crippen LogP contribution in [-0.4, -0.2) is 23.6 Å². The molecule has 0 radical (unpaired) electrons. The zero-order valence-electron chi connectivity index (χ0n) is 12.0. The number of nitrogens with zero attached hydrogens (tertiary/aromatic N) is 1. The Kier molecular flexibility index (Phi) is 5.83. The molecule has 1 rings (SSSR count). The summed E-state index contributed by atoms with van der Waals surface area (Å²) in [7, 11) is 0. The number of nitrogens with two attached hydrogens (primary N) is 1. The number of carbonyl (C=O) groups is 1. The second kappa shape index (κ2) is 7.14. The van der Waals surface area contributed by atoms with Crippen molar-refractivity contribution in [2.24, 2.45) is 5.73 Å². The van der Waals surface area contributed by atoms with Crippen LogP contribution in [-0.2, 0) is 4.79 Å². The van der Waals surface area contributed by atoms with E-state index >= 15 is 0 Å². The van der Waals surface area contributed by atoms with Crippen molar-refractivity contribution in [2.45, 2.75) is 46.1 Å². The standard InChI is InChI=1S/C15H24N2O2/c1-4-6-12(16)9-15(19)17(5-2)14-10-13(18)8-7-11(14)3/h7-8,10,12,18H,4-6,9,16H2,1-3H3. The highest BCUT2D eigenvalue weighted by atomic mass is 16.3. The molecule has 0 spiro atoms. The van der Waals surface area contributed by atoms with Crippen molar-refractivity contribution in [1.29, 1.82) is 0 Å². The van der Waals surface area contributed by atoms with Gasteiger partial charge in [-0.3, -0.25) is 4.79 Å². The summed E-state index contributed by atoms with van der Waals surface area (Å²) < 4.78 is 0. The zero-order valence-corrected chi connectivity index (χ0v) is 12.0. The number of carbonyl (C=O) groups excluding carboxylic acids is 1. The van der Waals surface area contributed by atoms with Crippen LogP contribution in [0, 0.1) is 6.92 Å². The normalized spacial score (nSPS) is 12.2. The van der Waals surface area contributed by atoms with E-state index in [-0.39, 0.29) is 17.7 Å². The molecule has 0 saturated heterocycles. The van der Waals surface area contributed by atoms with Gasteiger partial charge >= 0.3 is 0 Å². The lowest BCUT2D eigenvalue weighted by molar-refractivity contribution is -0.118. The van der Waals surface area contributed by atoms with Gasteiger partial charge in [-0.1, -0.05) is 19.4 Å². The van der Waals surface area contributed by atoms with Gasteiger partial charge in [0.15, 0.2) is 0 Å². The first-order valence-electron chi connectivity index (χ1n) is 6.85. The van der Waals surface area contributed by atoms with Gasteiger partial charge in [0.2, 0.25) is 5.91 Å². The highest BCUT2D eigenvalue weighted by Crippen LogP contribution is 2.25. The molecule has 4 nitrogen and oxygen atoms in total. The Morgan fingerprint density at radius 1 is 1.42 bits per heavy atom. The van der Waals surface area contributed by atoms with Crippen LogP contribution in [0.15, 0.2) is 18.2 Å². The van der Waals surface area contributed by atoms with Crippen molar-refractivity contribution in [3.05, 3.63) is 23.8 Å². The molecule has 0 aliphatic carbocycles. The molecule has 1 amide bonds. The maximum Gasteiger partial charge on any atom is 0.228 e. The SMILES string of the molecule is CCCC(N)CC(=O)N(CC)c1cc(O)ccc1C. The molecule has 0 saturated carbocycles. The summed E-state index contributed by atoms with van der Waals surface area (Å²) in [5.74, 6) is 0.182. The molecule has 0 fully saturated rings. The summed E-state index contributed by atoms with van der Waals surface area (Å²) in [6.07, 6.45) is 2.17. The summed E-state index contributed by atoms with van der Waals surface area (Å²) in [5.41, 5.74) is 7.66. The lowest BCUT2D eigenvalue weighted by Gasteiger charge is -2.24. The minimum atomic E-state index is -0.0934. The summed E-state index contributed by atoms with van der Waals surface area (Å²) in [6.45, 7) is 6.48. The van der Waals surface area contributed by atoms with Crippen LogP contribution < -0.4 is 10.6 Å². The van der Waals surface area contributed by atoms with Crippen LogP contribution in [0.25, 0.3) is 0 Å². The van der Waals surface area contributed by atoms with Gasteiger partial charge in [-0.25, -0.2) is 0 Å². The third-order valence-electron chi connectivity index (χ3n) is 3.20. The van der Waals surface area contributed by atoms with Gasteiger partial charge in [-0.2, -0.15) is 0 Å². The van der Waals surface area contributed by atoms with E-state index in [1.165, 1.54) is 0 Å². The number of phenols is 1. The molecule has 1 unspecified atom stereocenters. The van der Waals surface area contributed by atoms with E-state index in [1.54, 1.807) is 17.0 Å². The van der Waals surface area contributed by atoms with Crippen LogP contribution in [0.1, 0.15) is 38.7 Å². The predicted octanol–water partition coefficient (Wildman–Crippen LogP) is 2.57. The second-order valence-corrected chi connectivity index (χ2v) is 4.86. The molecule has 1 aromatic rings. The van der Waals surface area contributed by atoms with Crippen LogP contribution in [0.5, 0.6) is 5.75 Å². The molecule has 0 aromatic heterocycles. The quantitative estimate of drug-likeness (QED) is 0.830. The van der Waals surface area contributed by atoms with Gasteiger partial charge in [0.1, 0.15) is 5.75 Å². The van der Waals surface area contributed by atoms with Crippen molar-refractivity contribution < 1.29 is 9.90 Å². The Morgan fingerprint density at radius 3 is 2.68 bits per heavy atom. The van der Waals surface area contributed by atoms with Crippen molar-refractivity contribution in [3.8, 4) is 5.75 Å². The fourth-order valence-electron chi connectivity index (χ4n) is 2.18. The lowest BCUT2D eigenvalue weighted by Crippen LogP contribution is -2.36. The van der Waals surface area contributed by atoms with E-state index in [1.807, 2.05) is 19.9 Å². The smallest absolute Gasteiger partial charge is 0.228 e. The molecule has 1 aromatic carbocycles. The molecule has 0 heterocycles. The highest BCUT2D eigenvalue weighted by molar-refractivity contribution is 5.94. The number of aryl methyl sites for hydroxylation is 1. The third-order valence-corrected chi connectivity index (χ3v) is 3.20. The first-order chi connectivity index (χ1) is 8.99. The van der Waals surface area contributed by atoms with E-state index in [9.17, 15) is 9.90 Å². The molecule has 0 aliphatic heterocycles. The van der Waals surface area contributed by atoms with Crippen molar-refractivity contribution in [2.75, 3.05) is 11.4 Å². The summed E-state index contributed by atoms with van der Waals surface area (Å²) in [6, 6.07) is 4.97. The van der Waals surface area contributed by atoms with E-state index in [2.05, 4.69) is 6.92 Å². The molecule has 0 bridgehead atoms. The van der Waals surface area contributed by atoms with Crippen LogP contribution in [0.3, 0.4) is 0 Å². The van der Waals surface area contributed by atoms with Gasteiger partial charge in [0.25, 0.3) is 0 Å². The first-order valence-corrected chi connectivity index (χ1v) is 6.85. The Hall–Kier alpha value is -1.55. The van der Waals surface area contributed by atoms with Gasteiger partial charge in [-0.15, -0.1) is 0 Å². The second-order valence-electron chi connectivity index (χ2n) is 4.86. The van der Waals surface area contributed by atoms with Gasteiger partial charge in [0, 0.05) is 25.1 Å². The molecule has 3 N–H and O–H groups in total. The van der Waals surface area contributed by atoms with Crippen LogP contribution in [0.4, 0.5) is 5.69 Å². The van der Waals surface area contributed by atoms with Crippen LogP contribution >= 0.6 is 0 Å². The van der Waals surface area contributed by atoms with E-state index in [4.69, 9.17) is 5.73 Å². The summed E-state index contributed by atoms with van der Waals surface area (Å²) in [4.78, 5) is 14.0. The molecule has 4 heteroatoms. The van der Waals surface area contributed by atoms with Gasteiger partial charge < -0.3 is 15.7 Å². The minimum absolute atomic E-state index is 0.0113. The maximum atomic E-state index is 12.3. The number of rotatable bonds is 6. The fourth-order valence-corrected chi connectivity index (χ4v) is 2.18. The van der Waals surface area contributed by atoms with E-state index in [0.29, 0.717) is 13.0 Å². The van der Waals surface area contributed by atoms with Crippen molar-refractivity contribution in [1.82, 2.24) is 0 Å². The lowest BCUT2D eigenvalue weighted by atomic mass is 10.1. The zero-order chi connectivity index (χ0) is 14.4. The molecule has 106 valence electrons. The number of hydrogen-bond acceptors (Lipinski definition) is 3. The molecular formula is C15H24N2O2. The van der Waals surface area contributed by atoms with Gasteiger partial charge in [-0.05, 0) is 31.9 Å². The summed E-state index contributed by atoms with van der Waals surface area (Å²) >= 11 is 0. The third kappa shape index (κ3) is 4.24. The highest BCUT2D eigenvalue weighted by Gasteiger charge is 2.18. The van der Waals surface area contributed by atoms with Crippen molar-refractivity contribution >= 4 is 11.6 Å². The Morgan fingerprint density at radius 2 is 2.11 bits per heavy atom. The minimum Gasteiger partial charge on any atom is -0.508 e. The van der Waals surface area contributed by atoms with Crippen molar-refractivity contribution in [3.63, 3.8) is 0 Å². The van der Waals surface area contributed by atoms with E-state index < -0.39 is 0 Å². The monoisotopic (exact) mass is 264 g/mol. The molecule has 0 aliphatic rings. The number of hydrogen-bond donors (Lipinski definition) is 2. The van der Waals surface area contributed by atoms with Gasteiger partial charge in [0.05, 0.1) is 5.69 Å². The Bertz CT molecular complexity index is 432. The van der Waals surface area contributed by atoms with E-state index in [0.717, 1.165) is 24.1 Å². The fraction of sp³-hybridized carbons (Fsp3) is 0.533. The molecular weight excluding hydrogens is 240 g/mol. The molecule has 1 atom stereocenters. The number of amides is 1. The predicted molar refractivity (Wildman–Crippen MR) is 78.4 cm³/mol. The number of aromatic hydroxyl groups is 1. The average Bonchev–Trinajstić information content (AvgIpc) is 2.34. The average molecular weight is 264 g/mol. The molecule has 19 heavy (non-hydrogen) atoms. The Balaban J connectivity index is 2.87. The summed E-state index contributed by atoms with van der Waals surface area (Å²) in [5, 5.41) is 9.57. The number of phenolic OH excluding ortho intramolecular Hbond substituents is 1. The number of benzene rings is 1. The first kappa shape index (κ1) is 15.5. The number of anilines is 1. The maximum absolute atomic E-state index is 12.3. The largest absolute Gasteiger partial charge is 0.508 e. The topological polar surface area (TPSA) is 66.6 Å². The van der Waals surface area contributed by atoms with Crippen LogP contribution in [0.2, 0.25) is 0 Å².